The SMILES string of the molecule is [2H]C([2H])(C(=O)O)[C@H](C[N+](C([2H])([2H])[2H])(C([2H])([2H])[2H])C([2H])([2H])[2H])OC(C)=O. The zero-order chi connectivity index (χ0) is 20.6. The maximum Gasteiger partial charge on any atom is 0.307 e. The van der Waals surface area contributed by atoms with E-state index in [2.05, 4.69) is 4.74 Å². The quantitative estimate of drug-likeness (QED) is 0.522. The molecule has 1 N–H and O–H groups in total. The monoisotopic (exact) mass is 215 g/mol. The number of rotatable bonds is 5. The summed E-state index contributed by atoms with van der Waals surface area (Å²) in [6.45, 7) is -12.1. The number of carbonyl (C=O) groups is 2. The second kappa shape index (κ2) is 4.95. The van der Waals surface area contributed by atoms with Gasteiger partial charge >= 0.3 is 11.9 Å². The molecule has 82 valence electrons. The summed E-state index contributed by atoms with van der Waals surface area (Å²) >= 11 is 0. The summed E-state index contributed by atoms with van der Waals surface area (Å²) in [5.74, 6) is -3.42. The fourth-order valence-electron chi connectivity index (χ4n) is 0.699. The third kappa shape index (κ3) is 7.54. The molecule has 1 atom stereocenters. The van der Waals surface area contributed by atoms with Crippen molar-refractivity contribution >= 4 is 11.9 Å². The molecule has 0 aliphatic heterocycles. The first-order chi connectivity index (χ1) is 10.7. The van der Waals surface area contributed by atoms with Gasteiger partial charge in [0.15, 0.2) is 6.10 Å². The maximum absolute atomic E-state index is 11.1. The van der Waals surface area contributed by atoms with E-state index in [9.17, 15) is 9.59 Å². The molecule has 0 aromatic carbocycles. The Morgan fingerprint density at radius 3 is 2.50 bits per heavy atom. The van der Waals surface area contributed by atoms with Crippen molar-refractivity contribution in [2.45, 2.75) is 19.4 Å². The number of carbonyl (C=O) groups excluding carboxylic acids is 1. The highest BCUT2D eigenvalue weighted by Gasteiger charge is 2.23. The Morgan fingerprint density at radius 2 is 2.14 bits per heavy atom. The lowest BCUT2D eigenvalue weighted by atomic mass is 10.2. The fraction of sp³-hybridized carbons (Fsp3) is 0.778. The zero-order valence-corrected chi connectivity index (χ0v) is 7.40. The van der Waals surface area contributed by atoms with Gasteiger partial charge in [-0.25, -0.2) is 0 Å². The second-order valence-corrected chi connectivity index (χ2v) is 2.54. The molecule has 0 bridgehead atoms. The van der Waals surface area contributed by atoms with Gasteiger partial charge in [-0.1, -0.05) is 0 Å². The van der Waals surface area contributed by atoms with Crippen molar-refractivity contribution in [1.29, 1.82) is 0 Å². The number of likely N-dealkylation sites (N-methyl/N-ethyl adjacent to an activating group) is 1. The Hall–Kier alpha value is -1.10. The van der Waals surface area contributed by atoms with Crippen LogP contribution in [-0.4, -0.2) is 55.1 Å². The van der Waals surface area contributed by atoms with Crippen LogP contribution in [0.2, 0.25) is 0 Å². The van der Waals surface area contributed by atoms with Gasteiger partial charge in [-0.15, -0.1) is 0 Å². The van der Waals surface area contributed by atoms with E-state index in [0.29, 0.717) is 0 Å². The molecule has 5 nitrogen and oxygen atoms in total. The first kappa shape index (κ1) is 3.48. The Kier molecular flexibility index (Phi) is 1.23. The van der Waals surface area contributed by atoms with E-state index in [4.69, 9.17) is 20.2 Å². The summed E-state index contributed by atoms with van der Waals surface area (Å²) in [6.07, 6.45) is -5.92. The lowest BCUT2D eigenvalue weighted by molar-refractivity contribution is -0.873. The summed E-state index contributed by atoms with van der Waals surface area (Å²) < 4.78 is 83.4. The molecular formula is C9H18NO4+. The second-order valence-electron chi connectivity index (χ2n) is 2.54. The van der Waals surface area contributed by atoms with E-state index < -0.39 is 56.4 Å². The van der Waals surface area contributed by atoms with Crippen molar-refractivity contribution in [2.24, 2.45) is 0 Å². The third-order valence-corrected chi connectivity index (χ3v) is 1.03. The molecule has 0 radical (unpaired) electrons. The van der Waals surface area contributed by atoms with Gasteiger partial charge in [0.1, 0.15) is 6.54 Å². The summed E-state index contributed by atoms with van der Waals surface area (Å²) in [6, 6.07) is 0. The Labute approximate surface area is 99.3 Å². The summed E-state index contributed by atoms with van der Waals surface area (Å²) in [5.41, 5.74) is 0. The maximum atomic E-state index is 11.1. The van der Waals surface area contributed by atoms with E-state index in [-0.39, 0.29) is 0 Å². The number of quaternary nitrogens is 1. The summed E-state index contributed by atoms with van der Waals surface area (Å²) in [4.78, 5) is 22.2. The molecule has 0 rings (SSSR count). The summed E-state index contributed by atoms with van der Waals surface area (Å²) in [5, 5.41) is 8.93. The Bertz CT molecular complexity index is 485. The van der Waals surface area contributed by atoms with Gasteiger partial charge < -0.3 is 14.3 Å². The number of hydrogen-bond acceptors (Lipinski definition) is 3. The van der Waals surface area contributed by atoms with Gasteiger partial charge in [-0.3, -0.25) is 9.59 Å². The van der Waals surface area contributed by atoms with E-state index in [1.165, 1.54) is 0 Å². The van der Waals surface area contributed by atoms with Crippen LogP contribution in [0.25, 0.3) is 0 Å². The lowest BCUT2D eigenvalue weighted by Crippen LogP contribution is -2.43. The van der Waals surface area contributed by atoms with Crippen molar-refractivity contribution in [2.75, 3.05) is 27.5 Å². The number of ether oxygens (including phenoxy) is 1. The largest absolute Gasteiger partial charge is 0.481 e. The van der Waals surface area contributed by atoms with Crippen LogP contribution in [-0.2, 0) is 14.3 Å². The molecule has 0 heterocycles. The standard InChI is InChI=1S/C9H17NO4/c1-7(11)14-8(5-9(12)13)6-10(2,3)4/h8H,5-6H2,1-4H3/p+1/t8-/m1/s1/i2D3,3D3,4D3,5D2. The molecule has 0 amide bonds. The molecule has 0 aliphatic carbocycles. The molecule has 0 aromatic heterocycles. The average molecular weight is 215 g/mol. The van der Waals surface area contributed by atoms with Crippen LogP contribution in [0.5, 0.6) is 0 Å². The highest BCUT2D eigenvalue weighted by molar-refractivity contribution is 5.69. The number of nitrogens with zero attached hydrogens (tertiary/aromatic N) is 1. The molecule has 0 aromatic rings. The Morgan fingerprint density at radius 1 is 1.57 bits per heavy atom. The van der Waals surface area contributed by atoms with Gasteiger partial charge in [-0.2, -0.15) is 0 Å². The minimum absolute atomic E-state index is 0.750. The fourth-order valence-corrected chi connectivity index (χ4v) is 0.699. The molecular weight excluding hydrogens is 186 g/mol. The number of hydrogen-bond donors (Lipinski definition) is 1. The van der Waals surface area contributed by atoms with Crippen molar-refractivity contribution in [1.82, 2.24) is 0 Å². The van der Waals surface area contributed by atoms with Gasteiger partial charge in [0.25, 0.3) is 0 Å². The van der Waals surface area contributed by atoms with Crippen molar-refractivity contribution < 1.29 is 39.0 Å². The number of aliphatic carboxylic acids is 1. The van der Waals surface area contributed by atoms with Gasteiger partial charge in [0.2, 0.25) is 0 Å². The minimum Gasteiger partial charge on any atom is -0.481 e. The first-order valence-corrected chi connectivity index (χ1v) is 3.51. The van der Waals surface area contributed by atoms with E-state index >= 15 is 0 Å². The van der Waals surface area contributed by atoms with Gasteiger partial charge in [0, 0.05) is 9.67 Å². The predicted octanol–water partition coefficient (Wildman–Crippen LogP) is 0.0990. The smallest absolute Gasteiger partial charge is 0.307 e. The molecule has 0 unspecified atom stereocenters. The zero-order valence-electron chi connectivity index (χ0n) is 18.4. The van der Waals surface area contributed by atoms with Crippen LogP contribution in [0.4, 0.5) is 0 Å². The van der Waals surface area contributed by atoms with Crippen LogP contribution in [0, 0.1) is 0 Å². The Balaban J connectivity index is 6.56. The van der Waals surface area contributed by atoms with E-state index in [0.717, 1.165) is 6.92 Å². The lowest BCUT2D eigenvalue weighted by Gasteiger charge is -2.28. The minimum atomic E-state index is -3.73. The normalized spacial score (nSPS) is 28.8. The van der Waals surface area contributed by atoms with Crippen LogP contribution in [0.1, 0.15) is 28.4 Å². The van der Waals surface area contributed by atoms with Crippen LogP contribution in [0.15, 0.2) is 0 Å². The highest BCUT2D eigenvalue weighted by Crippen LogP contribution is 2.04. The van der Waals surface area contributed by atoms with Crippen LogP contribution >= 0.6 is 0 Å². The highest BCUT2D eigenvalue weighted by atomic mass is 16.5. The van der Waals surface area contributed by atoms with Crippen molar-refractivity contribution in [3.8, 4) is 0 Å². The van der Waals surface area contributed by atoms with E-state index in [1.54, 1.807) is 0 Å². The number of carboxylic acids is 1. The topological polar surface area (TPSA) is 63.6 Å². The molecule has 5 heteroatoms. The van der Waals surface area contributed by atoms with Crippen LogP contribution in [0.3, 0.4) is 0 Å². The van der Waals surface area contributed by atoms with Crippen LogP contribution < -0.4 is 0 Å². The van der Waals surface area contributed by atoms with Gasteiger partial charge in [-0.05, 0) is 0 Å². The average Bonchev–Trinajstić information content (AvgIpc) is 2.28. The molecule has 0 aliphatic rings. The van der Waals surface area contributed by atoms with E-state index in [1.807, 2.05) is 0 Å². The summed E-state index contributed by atoms with van der Waals surface area (Å²) in [7, 11) is 0. The third-order valence-electron chi connectivity index (χ3n) is 1.03. The number of carboxylic acid groups (broad SMARTS) is 1. The molecule has 0 spiro atoms. The number of esters is 1. The predicted molar refractivity (Wildman–Crippen MR) is 50.7 cm³/mol. The molecule has 0 fully saturated rings. The molecule has 14 heavy (non-hydrogen) atoms. The molecule has 0 saturated carbocycles. The van der Waals surface area contributed by atoms with Gasteiger partial charge in [0.05, 0.1) is 39.6 Å². The first-order valence-electron chi connectivity index (χ1n) is 9.01. The van der Waals surface area contributed by atoms with Crippen molar-refractivity contribution in [3.63, 3.8) is 0 Å². The molecule has 0 saturated heterocycles. The van der Waals surface area contributed by atoms with Crippen molar-refractivity contribution in [3.05, 3.63) is 0 Å².